The third kappa shape index (κ3) is 5.78. The number of hydrogen-bond donors (Lipinski definition) is 0. The van der Waals surface area contributed by atoms with Crippen molar-refractivity contribution in [3.63, 3.8) is 0 Å². The Kier molecular flexibility index (Phi) is 6.81. The van der Waals surface area contributed by atoms with Crippen LogP contribution in [-0.2, 0) is 19.1 Å². The Balaban J connectivity index is 1.67. The third-order valence-electron chi connectivity index (χ3n) is 5.55. The van der Waals surface area contributed by atoms with E-state index in [4.69, 9.17) is 21.1 Å². The summed E-state index contributed by atoms with van der Waals surface area (Å²) in [6.07, 6.45) is -10.7. The zero-order valence-corrected chi connectivity index (χ0v) is 19.1. The molecule has 0 N–H and O–H groups in total. The van der Waals surface area contributed by atoms with Crippen LogP contribution < -0.4 is 14.4 Å². The molecular weight excluding hydrogens is 496 g/mol. The van der Waals surface area contributed by atoms with Crippen LogP contribution in [0, 0.1) is 0 Å². The fourth-order valence-electron chi connectivity index (χ4n) is 3.80. The first-order chi connectivity index (χ1) is 16.4. The molecule has 0 aromatic heterocycles. The number of benzene rings is 3. The van der Waals surface area contributed by atoms with Gasteiger partial charge in [-0.25, -0.2) is 0 Å². The lowest BCUT2D eigenvalue weighted by Crippen LogP contribution is -2.47. The first-order valence-electron chi connectivity index (χ1n) is 10.7. The van der Waals surface area contributed by atoms with Crippen molar-refractivity contribution in [1.29, 1.82) is 0 Å². The van der Waals surface area contributed by atoms with Gasteiger partial charge in [0.1, 0.15) is 17.2 Å². The highest BCUT2D eigenvalue weighted by Gasteiger charge is 2.45. The van der Waals surface area contributed by atoms with E-state index in [1.165, 1.54) is 35.2 Å². The molecule has 0 aliphatic carbocycles. The molecule has 3 nitrogen and oxygen atoms in total. The first-order valence-corrected chi connectivity index (χ1v) is 11.1. The summed E-state index contributed by atoms with van der Waals surface area (Å²) in [7, 11) is 0. The van der Waals surface area contributed by atoms with Crippen molar-refractivity contribution in [3.8, 4) is 17.2 Å². The average molecular weight is 516 g/mol. The number of fused-ring (bicyclic) bond motifs is 1. The number of hydrogen-bond acceptors (Lipinski definition) is 3. The Morgan fingerprint density at radius 3 is 2.37 bits per heavy atom. The van der Waals surface area contributed by atoms with Gasteiger partial charge in [-0.05, 0) is 60.0 Å². The molecule has 0 fully saturated rings. The second-order valence-corrected chi connectivity index (χ2v) is 8.47. The second-order valence-electron chi connectivity index (χ2n) is 8.07. The van der Waals surface area contributed by atoms with Crippen LogP contribution in [0.15, 0.2) is 60.7 Å². The van der Waals surface area contributed by atoms with Crippen molar-refractivity contribution in [2.75, 3.05) is 11.4 Å². The van der Waals surface area contributed by atoms with Crippen LogP contribution in [0.5, 0.6) is 17.2 Å². The van der Waals surface area contributed by atoms with E-state index in [0.29, 0.717) is 22.9 Å². The summed E-state index contributed by atoms with van der Waals surface area (Å²) >= 11 is 6.14. The maximum atomic E-state index is 13.5. The highest BCUT2D eigenvalue weighted by molar-refractivity contribution is 6.31. The number of ether oxygens (including phenoxy) is 2. The summed E-state index contributed by atoms with van der Waals surface area (Å²) in [5.74, 6) is 0.778. The summed E-state index contributed by atoms with van der Waals surface area (Å²) in [6.45, 7) is 1.17. The van der Waals surface area contributed by atoms with Crippen molar-refractivity contribution in [2.24, 2.45) is 0 Å². The molecule has 0 saturated carbocycles. The molecule has 1 atom stereocenters. The van der Waals surface area contributed by atoms with Gasteiger partial charge in [0.25, 0.3) is 0 Å². The van der Waals surface area contributed by atoms with Crippen LogP contribution in [0.4, 0.5) is 32.0 Å². The molecule has 186 valence electrons. The molecule has 35 heavy (non-hydrogen) atoms. The van der Waals surface area contributed by atoms with E-state index in [1.54, 1.807) is 18.2 Å². The standard InChI is InChI=1S/C25H20ClF6NO2/c1-2-16-11-18(6-8-20(16)26)34-19-7-9-22-21(12-19)33(14-23(35-22)25(30,31)32)13-15-4-3-5-17(10-15)24(27,28)29/h3-12,23H,2,13-14H2,1H3/t23-/m1/s1. The normalized spacial score (nSPS) is 16.0. The predicted molar refractivity (Wildman–Crippen MR) is 120 cm³/mol. The number of anilines is 1. The van der Waals surface area contributed by atoms with E-state index in [2.05, 4.69) is 0 Å². The molecule has 0 spiro atoms. The van der Waals surface area contributed by atoms with Gasteiger partial charge in [-0.1, -0.05) is 30.7 Å². The molecule has 3 aromatic carbocycles. The van der Waals surface area contributed by atoms with Gasteiger partial charge in [0.05, 0.1) is 17.8 Å². The number of aryl methyl sites for hydroxylation is 1. The molecule has 3 aromatic rings. The lowest BCUT2D eigenvalue weighted by atomic mass is 10.1. The topological polar surface area (TPSA) is 21.7 Å². The van der Waals surface area contributed by atoms with Crippen LogP contribution in [0.3, 0.4) is 0 Å². The van der Waals surface area contributed by atoms with Crippen LogP contribution in [-0.4, -0.2) is 18.8 Å². The van der Waals surface area contributed by atoms with Crippen LogP contribution in [0.25, 0.3) is 0 Å². The van der Waals surface area contributed by atoms with Crippen LogP contribution in [0.1, 0.15) is 23.6 Å². The van der Waals surface area contributed by atoms with Gasteiger partial charge < -0.3 is 14.4 Å². The quantitative estimate of drug-likeness (QED) is 0.321. The number of alkyl halides is 6. The number of rotatable bonds is 5. The lowest BCUT2D eigenvalue weighted by Gasteiger charge is -2.37. The van der Waals surface area contributed by atoms with Gasteiger partial charge in [-0.15, -0.1) is 0 Å². The molecule has 0 saturated heterocycles. The van der Waals surface area contributed by atoms with Gasteiger partial charge in [-0.3, -0.25) is 0 Å². The molecule has 1 aliphatic heterocycles. The van der Waals surface area contributed by atoms with E-state index >= 15 is 0 Å². The Bertz CT molecular complexity index is 1210. The maximum absolute atomic E-state index is 13.5. The van der Waals surface area contributed by atoms with E-state index in [-0.39, 0.29) is 23.5 Å². The molecule has 4 rings (SSSR count). The Hall–Kier alpha value is -3.07. The first kappa shape index (κ1) is 25.0. The van der Waals surface area contributed by atoms with E-state index in [1.807, 2.05) is 6.92 Å². The molecule has 0 radical (unpaired) electrons. The van der Waals surface area contributed by atoms with Crippen LogP contribution in [0.2, 0.25) is 5.02 Å². The maximum Gasteiger partial charge on any atom is 0.427 e. The average Bonchev–Trinajstić information content (AvgIpc) is 2.79. The van der Waals surface area contributed by atoms with Crippen molar-refractivity contribution >= 4 is 17.3 Å². The molecular formula is C25H20ClF6NO2. The molecule has 0 unspecified atom stereocenters. The minimum atomic E-state index is -4.65. The molecule has 1 heterocycles. The van der Waals surface area contributed by atoms with Crippen molar-refractivity contribution < 1.29 is 35.8 Å². The number of nitrogens with zero attached hydrogens (tertiary/aromatic N) is 1. The Labute approximate surface area is 202 Å². The smallest absolute Gasteiger partial charge is 0.427 e. The fraction of sp³-hybridized carbons (Fsp3) is 0.280. The molecule has 0 bridgehead atoms. The van der Waals surface area contributed by atoms with Crippen LogP contribution >= 0.6 is 11.6 Å². The fourth-order valence-corrected chi connectivity index (χ4v) is 4.06. The highest BCUT2D eigenvalue weighted by Crippen LogP contribution is 2.42. The SMILES string of the molecule is CCc1cc(Oc2ccc3c(c2)N(Cc2cccc(C(F)(F)F)c2)C[C@H](C(F)(F)F)O3)ccc1Cl. The second kappa shape index (κ2) is 9.53. The Morgan fingerprint density at radius 2 is 1.69 bits per heavy atom. The van der Waals surface area contributed by atoms with Crippen molar-refractivity contribution in [3.05, 3.63) is 82.4 Å². The van der Waals surface area contributed by atoms with E-state index in [0.717, 1.165) is 17.7 Å². The van der Waals surface area contributed by atoms with Gasteiger partial charge in [0.15, 0.2) is 0 Å². The van der Waals surface area contributed by atoms with E-state index in [9.17, 15) is 26.3 Å². The summed E-state index contributed by atoms with van der Waals surface area (Å²) in [4.78, 5) is 1.35. The molecule has 10 heteroatoms. The summed E-state index contributed by atoms with van der Waals surface area (Å²) in [5.41, 5.74) is 0.488. The summed E-state index contributed by atoms with van der Waals surface area (Å²) < 4.78 is 91.0. The van der Waals surface area contributed by atoms with Gasteiger partial charge in [0, 0.05) is 17.6 Å². The minimum absolute atomic E-state index is 0.0387. The predicted octanol–water partition coefficient (Wildman–Crippen LogP) is 8.04. The lowest BCUT2D eigenvalue weighted by molar-refractivity contribution is -0.193. The molecule has 1 aliphatic rings. The summed E-state index contributed by atoms with van der Waals surface area (Å²) in [5, 5.41) is 0.587. The van der Waals surface area contributed by atoms with Crippen molar-refractivity contribution in [1.82, 2.24) is 0 Å². The van der Waals surface area contributed by atoms with Gasteiger partial charge in [-0.2, -0.15) is 26.3 Å². The largest absolute Gasteiger partial charge is 0.477 e. The molecule has 0 amide bonds. The minimum Gasteiger partial charge on any atom is -0.477 e. The Morgan fingerprint density at radius 1 is 0.971 bits per heavy atom. The van der Waals surface area contributed by atoms with Gasteiger partial charge >= 0.3 is 12.4 Å². The summed E-state index contributed by atoms with van der Waals surface area (Å²) in [6, 6.07) is 14.0. The number of halogens is 7. The van der Waals surface area contributed by atoms with Crippen molar-refractivity contribution in [2.45, 2.75) is 38.3 Å². The zero-order valence-electron chi connectivity index (χ0n) is 18.4. The monoisotopic (exact) mass is 515 g/mol. The van der Waals surface area contributed by atoms with E-state index < -0.39 is 30.6 Å². The zero-order chi connectivity index (χ0) is 25.4. The third-order valence-corrected chi connectivity index (χ3v) is 5.92. The highest BCUT2D eigenvalue weighted by atomic mass is 35.5. The van der Waals surface area contributed by atoms with Gasteiger partial charge in [0.2, 0.25) is 6.10 Å².